The van der Waals surface area contributed by atoms with Gasteiger partial charge >= 0.3 is 0 Å². The normalized spacial score (nSPS) is 13.2. The zero-order chi connectivity index (χ0) is 13.8. The third kappa shape index (κ3) is 4.15. The predicted molar refractivity (Wildman–Crippen MR) is 73.8 cm³/mol. The molecule has 0 aliphatic rings. The molecule has 1 atom stereocenters. The van der Waals surface area contributed by atoms with Crippen LogP contribution in [0.1, 0.15) is 43.1 Å². The molecule has 1 aromatic carbocycles. The highest BCUT2D eigenvalue weighted by atomic mass is 16.5. The molecule has 1 amide bonds. The van der Waals surface area contributed by atoms with E-state index >= 15 is 0 Å². The highest BCUT2D eigenvalue weighted by Crippen LogP contribution is 2.16. The lowest BCUT2D eigenvalue weighted by Crippen LogP contribution is -2.39. The topological polar surface area (TPSA) is 38.3 Å². The Hall–Kier alpha value is -1.35. The molecule has 0 saturated heterocycles. The third-order valence-corrected chi connectivity index (χ3v) is 3.12. The number of benzene rings is 1. The molecule has 0 heterocycles. The molecule has 100 valence electrons. The summed E-state index contributed by atoms with van der Waals surface area (Å²) in [6.45, 7) is 7.97. The van der Waals surface area contributed by atoms with Gasteiger partial charge in [0.05, 0.1) is 5.60 Å². The number of hydrogen-bond acceptors (Lipinski definition) is 2. The minimum atomic E-state index is -0.224. The van der Waals surface area contributed by atoms with Gasteiger partial charge in [-0.3, -0.25) is 4.79 Å². The first-order chi connectivity index (χ1) is 8.35. The summed E-state index contributed by atoms with van der Waals surface area (Å²) in [6.07, 6.45) is 0.779. The lowest BCUT2D eigenvalue weighted by molar-refractivity contribution is 0.00885. The molecule has 1 rings (SSSR count). The second-order valence-corrected chi connectivity index (χ2v) is 5.36. The van der Waals surface area contributed by atoms with E-state index < -0.39 is 0 Å². The van der Waals surface area contributed by atoms with Crippen molar-refractivity contribution in [1.82, 2.24) is 5.32 Å². The van der Waals surface area contributed by atoms with E-state index in [9.17, 15) is 4.79 Å². The van der Waals surface area contributed by atoms with Crippen LogP contribution >= 0.6 is 0 Å². The maximum absolute atomic E-state index is 12.1. The lowest BCUT2D eigenvalue weighted by atomic mass is 9.99. The Morgan fingerprint density at radius 1 is 1.39 bits per heavy atom. The third-order valence-electron chi connectivity index (χ3n) is 3.12. The molecule has 0 spiro atoms. The SMILES string of the molecule is COC(C)(C)C[C@@H](C)NC(=O)c1ccccc1C. The van der Waals surface area contributed by atoms with E-state index in [2.05, 4.69) is 5.32 Å². The van der Waals surface area contributed by atoms with Crippen molar-refractivity contribution in [1.29, 1.82) is 0 Å². The van der Waals surface area contributed by atoms with E-state index in [1.165, 1.54) is 0 Å². The molecule has 0 bridgehead atoms. The van der Waals surface area contributed by atoms with Crippen LogP contribution in [0.5, 0.6) is 0 Å². The Morgan fingerprint density at radius 2 is 2.00 bits per heavy atom. The first-order valence-corrected chi connectivity index (χ1v) is 6.27. The van der Waals surface area contributed by atoms with Crippen molar-refractivity contribution in [3.05, 3.63) is 35.4 Å². The largest absolute Gasteiger partial charge is 0.379 e. The van der Waals surface area contributed by atoms with Crippen LogP contribution in [0.2, 0.25) is 0 Å². The number of amides is 1. The Balaban J connectivity index is 2.63. The van der Waals surface area contributed by atoms with Crippen LogP contribution in [-0.4, -0.2) is 24.7 Å². The van der Waals surface area contributed by atoms with Gasteiger partial charge in [0.25, 0.3) is 5.91 Å². The van der Waals surface area contributed by atoms with Crippen LogP contribution in [0.3, 0.4) is 0 Å². The number of aryl methyl sites for hydroxylation is 1. The summed E-state index contributed by atoms with van der Waals surface area (Å²) >= 11 is 0. The standard InChI is InChI=1S/C15H23NO2/c1-11-8-6-7-9-13(11)14(17)16-12(2)10-15(3,4)18-5/h6-9,12H,10H2,1-5H3,(H,16,17)/t12-/m1/s1. The molecule has 0 aliphatic heterocycles. The van der Waals surface area contributed by atoms with E-state index in [-0.39, 0.29) is 17.6 Å². The summed E-state index contributed by atoms with van der Waals surface area (Å²) in [6, 6.07) is 7.68. The van der Waals surface area contributed by atoms with Gasteiger partial charge in [-0.25, -0.2) is 0 Å². The van der Waals surface area contributed by atoms with Crippen molar-refractivity contribution in [2.24, 2.45) is 0 Å². The quantitative estimate of drug-likeness (QED) is 0.871. The molecule has 0 aliphatic carbocycles. The average molecular weight is 249 g/mol. The summed E-state index contributed by atoms with van der Waals surface area (Å²) in [5.41, 5.74) is 1.51. The number of methoxy groups -OCH3 is 1. The van der Waals surface area contributed by atoms with Crippen molar-refractivity contribution < 1.29 is 9.53 Å². The molecule has 0 saturated carbocycles. The fraction of sp³-hybridized carbons (Fsp3) is 0.533. The summed E-state index contributed by atoms with van der Waals surface area (Å²) in [5, 5.41) is 3.01. The minimum absolute atomic E-state index is 0.0208. The van der Waals surface area contributed by atoms with Crippen molar-refractivity contribution in [2.45, 2.75) is 45.8 Å². The van der Waals surface area contributed by atoms with Gasteiger partial charge in [-0.05, 0) is 45.7 Å². The summed E-state index contributed by atoms with van der Waals surface area (Å²) in [4.78, 5) is 12.1. The van der Waals surface area contributed by atoms with Crippen LogP contribution < -0.4 is 5.32 Å². The van der Waals surface area contributed by atoms with Crippen LogP contribution in [-0.2, 0) is 4.74 Å². The first kappa shape index (κ1) is 14.7. The zero-order valence-electron chi connectivity index (χ0n) is 11.9. The maximum atomic E-state index is 12.1. The van der Waals surface area contributed by atoms with Crippen LogP contribution in [0.15, 0.2) is 24.3 Å². The zero-order valence-corrected chi connectivity index (χ0v) is 11.9. The predicted octanol–water partition coefficient (Wildman–Crippen LogP) is 2.93. The number of hydrogen-bond donors (Lipinski definition) is 1. The van der Waals surface area contributed by atoms with Gasteiger partial charge in [0.15, 0.2) is 0 Å². The molecule has 0 radical (unpaired) electrons. The summed E-state index contributed by atoms with van der Waals surface area (Å²) in [7, 11) is 1.69. The highest BCUT2D eigenvalue weighted by Gasteiger charge is 2.21. The molecule has 18 heavy (non-hydrogen) atoms. The molecular formula is C15H23NO2. The molecule has 1 N–H and O–H groups in total. The van der Waals surface area contributed by atoms with Gasteiger partial charge in [-0.1, -0.05) is 18.2 Å². The fourth-order valence-electron chi connectivity index (χ4n) is 2.00. The van der Waals surface area contributed by atoms with Crippen molar-refractivity contribution in [2.75, 3.05) is 7.11 Å². The molecule has 1 aromatic rings. The molecule has 0 fully saturated rings. The molecule has 0 unspecified atom stereocenters. The Bertz CT molecular complexity index is 413. The fourth-order valence-corrected chi connectivity index (χ4v) is 2.00. The summed E-state index contributed by atoms with van der Waals surface area (Å²) < 4.78 is 5.37. The number of carbonyl (C=O) groups excluding carboxylic acids is 1. The van der Waals surface area contributed by atoms with E-state index in [1.54, 1.807) is 7.11 Å². The van der Waals surface area contributed by atoms with Crippen molar-refractivity contribution in [3.8, 4) is 0 Å². The first-order valence-electron chi connectivity index (χ1n) is 6.27. The second kappa shape index (κ2) is 6.01. The number of nitrogens with one attached hydrogen (secondary N) is 1. The monoisotopic (exact) mass is 249 g/mol. The van der Waals surface area contributed by atoms with Crippen molar-refractivity contribution in [3.63, 3.8) is 0 Å². The van der Waals surface area contributed by atoms with E-state index in [1.807, 2.05) is 52.0 Å². The van der Waals surface area contributed by atoms with Crippen LogP contribution in [0, 0.1) is 6.92 Å². The van der Waals surface area contributed by atoms with Gasteiger partial charge < -0.3 is 10.1 Å². The highest BCUT2D eigenvalue weighted by molar-refractivity contribution is 5.95. The molecule has 3 nitrogen and oxygen atoms in total. The summed E-state index contributed by atoms with van der Waals surface area (Å²) in [5.74, 6) is -0.0208. The molecule has 0 aromatic heterocycles. The minimum Gasteiger partial charge on any atom is -0.379 e. The lowest BCUT2D eigenvalue weighted by Gasteiger charge is -2.27. The average Bonchev–Trinajstić information content (AvgIpc) is 2.28. The van der Waals surface area contributed by atoms with Gasteiger partial charge in [0.1, 0.15) is 0 Å². The number of rotatable bonds is 5. The maximum Gasteiger partial charge on any atom is 0.251 e. The smallest absolute Gasteiger partial charge is 0.251 e. The van der Waals surface area contributed by atoms with Gasteiger partial charge in [-0.15, -0.1) is 0 Å². The van der Waals surface area contributed by atoms with Gasteiger partial charge in [-0.2, -0.15) is 0 Å². The number of ether oxygens (including phenoxy) is 1. The van der Waals surface area contributed by atoms with Gasteiger partial charge in [0, 0.05) is 18.7 Å². The number of carbonyl (C=O) groups is 1. The van der Waals surface area contributed by atoms with E-state index in [0.717, 1.165) is 17.5 Å². The Morgan fingerprint density at radius 3 is 2.56 bits per heavy atom. The second-order valence-electron chi connectivity index (χ2n) is 5.36. The molecular weight excluding hydrogens is 226 g/mol. The van der Waals surface area contributed by atoms with Crippen LogP contribution in [0.4, 0.5) is 0 Å². The van der Waals surface area contributed by atoms with Crippen molar-refractivity contribution >= 4 is 5.91 Å². The Labute approximate surface area is 110 Å². The van der Waals surface area contributed by atoms with E-state index in [0.29, 0.717) is 0 Å². The Kier molecular flexibility index (Phi) is 4.91. The van der Waals surface area contributed by atoms with Gasteiger partial charge in [0.2, 0.25) is 0 Å². The molecule has 3 heteroatoms. The van der Waals surface area contributed by atoms with E-state index in [4.69, 9.17) is 4.74 Å². The van der Waals surface area contributed by atoms with Crippen LogP contribution in [0.25, 0.3) is 0 Å².